The number of rotatable bonds is 8. The van der Waals surface area contributed by atoms with Gasteiger partial charge in [-0.1, -0.05) is 65.0 Å². The molecule has 1 amide bonds. The van der Waals surface area contributed by atoms with Crippen LogP contribution in [-0.4, -0.2) is 25.1 Å². The van der Waals surface area contributed by atoms with Crippen LogP contribution in [0.3, 0.4) is 0 Å². The van der Waals surface area contributed by atoms with E-state index in [1.807, 2.05) is 24.3 Å². The number of thiazole rings is 1. The van der Waals surface area contributed by atoms with E-state index in [1.165, 1.54) is 41.3 Å². The summed E-state index contributed by atoms with van der Waals surface area (Å²) in [7, 11) is -3.94. The average Bonchev–Trinajstić information content (AvgIpc) is 3.10. The van der Waals surface area contributed by atoms with Crippen molar-refractivity contribution in [2.45, 2.75) is 22.6 Å². The summed E-state index contributed by atoms with van der Waals surface area (Å²) in [5.74, 6) is -0.230. The highest BCUT2D eigenvalue weighted by Gasteiger charge is 2.21. The number of anilines is 1. The number of amides is 1. The lowest BCUT2D eigenvalue weighted by Gasteiger charge is -2.10. The maximum absolute atomic E-state index is 12.7. The van der Waals surface area contributed by atoms with E-state index in [1.54, 1.807) is 19.1 Å². The molecule has 1 aromatic heterocycles. The second-order valence-corrected chi connectivity index (χ2v) is 10.6. The Hall–Kier alpha value is -2.42. The highest BCUT2D eigenvalue weighted by Crippen LogP contribution is 2.32. The molecule has 31 heavy (non-hydrogen) atoms. The third kappa shape index (κ3) is 6.06. The summed E-state index contributed by atoms with van der Waals surface area (Å²) < 4.78 is 28.8. The van der Waals surface area contributed by atoms with Crippen molar-refractivity contribution in [1.82, 2.24) is 9.71 Å². The number of nitrogens with one attached hydrogen (secondary N) is 2. The van der Waals surface area contributed by atoms with Gasteiger partial charge in [-0.15, -0.1) is 0 Å². The molecule has 0 bridgehead atoms. The molecule has 1 heterocycles. The lowest BCUT2D eigenvalue weighted by atomic mass is 10.2. The lowest BCUT2D eigenvalue weighted by Crippen LogP contribution is -2.24. The van der Waals surface area contributed by atoms with Crippen molar-refractivity contribution in [1.29, 1.82) is 5.26 Å². The number of carbonyl (C=O) groups is 1. The summed E-state index contributed by atoms with van der Waals surface area (Å²) in [5, 5.41) is 11.8. The van der Waals surface area contributed by atoms with Crippen molar-refractivity contribution in [3.05, 3.63) is 70.4 Å². The Bertz CT molecular complexity index is 1240. The van der Waals surface area contributed by atoms with E-state index < -0.39 is 15.9 Å². The Morgan fingerprint density at radius 3 is 2.71 bits per heavy atom. The number of nitrogens with zero attached hydrogens (tertiary/aromatic N) is 2. The van der Waals surface area contributed by atoms with Crippen LogP contribution in [0.15, 0.2) is 57.6 Å². The molecule has 7 nitrogen and oxygen atoms in total. The first-order valence-corrected chi connectivity index (χ1v) is 12.6. The summed E-state index contributed by atoms with van der Waals surface area (Å²) in [4.78, 5) is 16.8. The molecule has 0 aliphatic heterocycles. The fraction of sp³-hybridized carbons (Fsp3) is 0.150. The SMILES string of the molecule is Cc1nc(NC(=O)c2ccc(Cl)c(S(=O)(=O)NCc3ccccc3)c2)sc1SCC#N. The predicted octanol–water partition coefficient (Wildman–Crippen LogP) is 4.45. The Morgan fingerprint density at radius 2 is 2.00 bits per heavy atom. The average molecular weight is 493 g/mol. The number of halogens is 1. The van der Waals surface area contributed by atoms with Crippen LogP contribution >= 0.6 is 34.7 Å². The topological polar surface area (TPSA) is 112 Å². The van der Waals surface area contributed by atoms with Crippen molar-refractivity contribution in [3.8, 4) is 6.07 Å². The van der Waals surface area contributed by atoms with Gasteiger partial charge in [0.1, 0.15) is 4.90 Å². The number of aryl methyl sites for hydroxylation is 1. The van der Waals surface area contributed by atoms with Crippen LogP contribution in [0.2, 0.25) is 5.02 Å². The molecule has 2 N–H and O–H groups in total. The van der Waals surface area contributed by atoms with Gasteiger partial charge >= 0.3 is 0 Å². The van der Waals surface area contributed by atoms with Crippen LogP contribution in [0, 0.1) is 18.3 Å². The van der Waals surface area contributed by atoms with E-state index in [2.05, 4.69) is 15.0 Å². The maximum Gasteiger partial charge on any atom is 0.257 e. The van der Waals surface area contributed by atoms with Crippen LogP contribution in [0.5, 0.6) is 0 Å². The third-order valence-corrected chi connectivity index (χ3v) is 8.22. The number of benzene rings is 2. The van der Waals surface area contributed by atoms with Crippen molar-refractivity contribution in [3.63, 3.8) is 0 Å². The minimum absolute atomic E-state index is 0.0115. The first-order valence-electron chi connectivity index (χ1n) is 8.92. The van der Waals surface area contributed by atoms with Gasteiger partial charge in [0, 0.05) is 12.1 Å². The number of carbonyl (C=O) groups excluding carboxylic acids is 1. The zero-order valence-electron chi connectivity index (χ0n) is 16.3. The van der Waals surface area contributed by atoms with Gasteiger partial charge in [0.2, 0.25) is 10.0 Å². The van der Waals surface area contributed by atoms with E-state index in [9.17, 15) is 13.2 Å². The first-order chi connectivity index (χ1) is 14.8. The number of thioether (sulfide) groups is 1. The molecule has 160 valence electrons. The number of hydrogen-bond acceptors (Lipinski definition) is 7. The van der Waals surface area contributed by atoms with Gasteiger partial charge in [-0.25, -0.2) is 18.1 Å². The Balaban J connectivity index is 1.77. The van der Waals surface area contributed by atoms with Gasteiger partial charge in [-0.2, -0.15) is 5.26 Å². The molecule has 11 heteroatoms. The number of nitriles is 1. The normalized spacial score (nSPS) is 11.1. The minimum atomic E-state index is -3.94. The fourth-order valence-corrected chi connectivity index (χ4v) is 5.88. The highest BCUT2D eigenvalue weighted by molar-refractivity contribution is 8.01. The maximum atomic E-state index is 12.7. The van der Waals surface area contributed by atoms with E-state index in [-0.39, 0.29) is 27.8 Å². The minimum Gasteiger partial charge on any atom is -0.298 e. The largest absolute Gasteiger partial charge is 0.298 e. The smallest absolute Gasteiger partial charge is 0.257 e. The van der Waals surface area contributed by atoms with E-state index in [0.29, 0.717) is 10.8 Å². The van der Waals surface area contributed by atoms with Crippen LogP contribution < -0.4 is 10.0 Å². The fourth-order valence-electron chi connectivity index (χ4n) is 2.54. The van der Waals surface area contributed by atoms with Gasteiger partial charge in [-0.3, -0.25) is 10.1 Å². The Morgan fingerprint density at radius 1 is 1.26 bits per heavy atom. The second-order valence-electron chi connectivity index (χ2n) is 6.25. The number of hydrogen-bond donors (Lipinski definition) is 2. The number of aromatic nitrogens is 1. The quantitative estimate of drug-likeness (QED) is 0.449. The summed E-state index contributed by atoms with van der Waals surface area (Å²) in [6, 6.07) is 15.2. The molecule has 0 saturated heterocycles. The molecule has 0 spiro atoms. The standard InChI is InChI=1S/C20H17ClN4O3S3/c1-13-19(29-10-9-22)30-20(24-13)25-18(26)15-7-8-16(21)17(11-15)31(27,28)23-12-14-5-3-2-4-6-14/h2-8,11,23H,10,12H2,1H3,(H,24,25,26). The molecule has 0 atom stereocenters. The lowest BCUT2D eigenvalue weighted by molar-refractivity contribution is 0.102. The monoisotopic (exact) mass is 492 g/mol. The molecule has 0 radical (unpaired) electrons. The Kier molecular flexibility index (Phi) is 7.69. The first kappa shape index (κ1) is 23.2. The summed E-state index contributed by atoms with van der Waals surface area (Å²) in [5.41, 5.74) is 1.63. The zero-order chi connectivity index (χ0) is 22.4. The molecule has 3 rings (SSSR count). The summed E-state index contributed by atoms with van der Waals surface area (Å²) >= 11 is 8.70. The molecule has 3 aromatic rings. The molecule has 2 aromatic carbocycles. The van der Waals surface area contributed by atoms with Crippen molar-refractivity contribution >= 4 is 55.8 Å². The molecule has 0 fully saturated rings. The molecule has 0 aliphatic carbocycles. The molecular weight excluding hydrogens is 476 g/mol. The second kappa shape index (κ2) is 10.3. The van der Waals surface area contributed by atoms with Gasteiger partial charge in [0.25, 0.3) is 5.91 Å². The Labute approximate surface area is 193 Å². The van der Waals surface area contributed by atoms with Gasteiger partial charge in [0.15, 0.2) is 5.13 Å². The zero-order valence-corrected chi connectivity index (χ0v) is 19.5. The molecule has 0 saturated carbocycles. The van der Waals surface area contributed by atoms with Crippen molar-refractivity contribution < 1.29 is 13.2 Å². The van der Waals surface area contributed by atoms with Crippen LogP contribution in [-0.2, 0) is 16.6 Å². The molecule has 0 aliphatic rings. The van der Waals surface area contributed by atoms with Crippen LogP contribution in [0.25, 0.3) is 0 Å². The van der Waals surface area contributed by atoms with Crippen molar-refractivity contribution in [2.75, 3.05) is 11.1 Å². The molecule has 0 unspecified atom stereocenters. The van der Waals surface area contributed by atoms with E-state index in [4.69, 9.17) is 16.9 Å². The summed E-state index contributed by atoms with van der Waals surface area (Å²) in [6.45, 7) is 1.88. The van der Waals surface area contributed by atoms with E-state index >= 15 is 0 Å². The van der Waals surface area contributed by atoms with Gasteiger partial charge < -0.3 is 0 Å². The van der Waals surface area contributed by atoms with Crippen molar-refractivity contribution in [2.24, 2.45) is 0 Å². The van der Waals surface area contributed by atoms with Gasteiger partial charge in [-0.05, 0) is 30.7 Å². The predicted molar refractivity (Wildman–Crippen MR) is 123 cm³/mol. The summed E-state index contributed by atoms with van der Waals surface area (Å²) in [6.07, 6.45) is 0. The van der Waals surface area contributed by atoms with Gasteiger partial charge in [0.05, 0.1) is 26.7 Å². The number of sulfonamides is 1. The third-order valence-electron chi connectivity index (χ3n) is 4.03. The molecular formula is C20H17ClN4O3S3. The van der Waals surface area contributed by atoms with Crippen LogP contribution in [0.1, 0.15) is 21.6 Å². The highest BCUT2D eigenvalue weighted by atomic mass is 35.5. The van der Waals surface area contributed by atoms with Crippen LogP contribution in [0.4, 0.5) is 5.13 Å². The van der Waals surface area contributed by atoms with E-state index in [0.717, 1.165) is 9.77 Å².